The zero-order valence-corrected chi connectivity index (χ0v) is 22.8. The molecule has 0 aromatic heterocycles. The molecule has 0 aliphatic rings. The third-order valence-corrected chi connectivity index (χ3v) is 9.33. The lowest BCUT2D eigenvalue weighted by atomic mass is 10.0. The van der Waals surface area contributed by atoms with E-state index in [1.807, 2.05) is 49.8 Å². The summed E-state index contributed by atoms with van der Waals surface area (Å²) in [7, 11) is 11.7. The van der Waals surface area contributed by atoms with Crippen molar-refractivity contribution in [2.45, 2.75) is 10.5 Å². The van der Waals surface area contributed by atoms with E-state index in [1.54, 1.807) is 0 Å². The van der Waals surface area contributed by atoms with Crippen LogP contribution in [0.2, 0.25) is 0 Å². The molecule has 0 fully saturated rings. The number of rotatable bonds is 11. The highest BCUT2D eigenvalue weighted by Gasteiger charge is 2.21. The van der Waals surface area contributed by atoms with Crippen molar-refractivity contribution >= 4 is 44.3 Å². The highest BCUT2D eigenvalue weighted by molar-refractivity contribution is 8.76. The quantitative estimate of drug-likeness (QED) is 0.152. The molecule has 4 N–H and O–H groups in total. The second-order valence-corrected chi connectivity index (χ2v) is 10.9. The Morgan fingerprint density at radius 3 is 0.722 bits per heavy atom. The van der Waals surface area contributed by atoms with E-state index >= 15 is 0 Å². The van der Waals surface area contributed by atoms with Crippen molar-refractivity contribution in [3.05, 3.63) is 119 Å². The van der Waals surface area contributed by atoms with Gasteiger partial charge in [-0.1, -0.05) is 70.1 Å². The van der Waals surface area contributed by atoms with Gasteiger partial charge >= 0.3 is 0 Å². The number of hydrogen-bond donors (Lipinski definition) is 4. The number of benzene rings is 4. The van der Waals surface area contributed by atoms with Crippen molar-refractivity contribution in [3.63, 3.8) is 0 Å². The standard InChI is InChI=1S/C30H34N4S2/c1-31-25-13-5-21(6-14-25)29(22-7-15-26(32-2)16-8-22)35-36-30(23-9-17-27(33-3)18-10-23)24-11-19-28(34-4)20-12-24/h5-20,29-34H,1-4H3. The van der Waals surface area contributed by atoms with E-state index in [9.17, 15) is 0 Å². The van der Waals surface area contributed by atoms with Gasteiger partial charge in [0.05, 0.1) is 10.5 Å². The monoisotopic (exact) mass is 514 g/mol. The average molecular weight is 515 g/mol. The van der Waals surface area contributed by atoms with Gasteiger partial charge in [0.15, 0.2) is 0 Å². The molecule has 0 saturated heterocycles. The van der Waals surface area contributed by atoms with Gasteiger partial charge in [0.2, 0.25) is 0 Å². The average Bonchev–Trinajstić information content (AvgIpc) is 2.96. The summed E-state index contributed by atoms with van der Waals surface area (Å²) in [6, 6.07) is 35.1. The van der Waals surface area contributed by atoms with Gasteiger partial charge in [0.25, 0.3) is 0 Å². The minimum atomic E-state index is 0.197. The molecule has 6 heteroatoms. The first-order valence-corrected chi connectivity index (χ1v) is 14.4. The van der Waals surface area contributed by atoms with Gasteiger partial charge in [0, 0.05) is 50.9 Å². The van der Waals surface area contributed by atoms with Crippen LogP contribution in [0.4, 0.5) is 22.7 Å². The Morgan fingerprint density at radius 2 is 0.556 bits per heavy atom. The number of nitrogens with one attached hydrogen (secondary N) is 4. The van der Waals surface area contributed by atoms with Crippen molar-refractivity contribution in [1.29, 1.82) is 0 Å². The number of anilines is 4. The summed E-state index contributed by atoms with van der Waals surface area (Å²) < 4.78 is 0. The van der Waals surface area contributed by atoms with Gasteiger partial charge in [0.1, 0.15) is 0 Å². The fraction of sp³-hybridized carbons (Fsp3) is 0.200. The van der Waals surface area contributed by atoms with Crippen LogP contribution < -0.4 is 21.3 Å². The van der Waals surface area contributed by atoms with Crippen molar-refractivity contribution in [1.82, 2.24) is 0 Å². The van der Waals surface area contributed by atoms with Crippen molar-refractivity contribution < 1.29 is 0 Å². The minimum absolute atomic E-state index is 0.197. The van der Waals surface area contributed by atoms with Gasteiger partial charge in [-0.2, -0.15) is 0 Å². The summed E-state index contributed by atoms with van der Waals surface area (Å²) >= 11 is 0. The van der Waals surface area contributed by atoms with E-state index in [0.717, 1.165) is 22.7 Å². The molecule has 4 aromatic rings. The molecular formula is C30H34N4S2. The summed E-state index contributed by atoms with van der Waals surface area (Å²) in [5, 5.41) is 13.3. The molecule has 0 bridgehead atoms. The largest absolute Gasteiger partial charge is 0.388 e. The molecule has 186 valence electrons. The van der Waals surface area contributed by atoms with Gasteiger partial charge in [-0.15, -0.1) is 0 Å². The first kappa shape index (κ1) is 25.9. The van der Waals surface area contributed by atoms with Gasteiger partial charge in [-0.3, -0.25) is 0 Å². The fourth-order valence-electron chi connectivity index (χ4n) is 4.02. The van der Waals surface area contributed by atoms with Crippen LogP contribution in [0.3, 0.4) is 0 Å². The van der Waals surface area contributed by atoms with E-state index < -0.39 is 0 Å². The van der Waals surface area contributed by atoms with Crippen LogP contribution in [0.15, 0.2) is 97.1 Å². The van der Waals surface area contributed by atoms with Crippen LogP contribution in [0.1, 0.15) is 32.8 Å². The maximum Gasteiger partial charge on any atom is 0.0650 e. The van der Waals surface area contributed by atoms with Crippen LogP contribution in [0, 0.1) is 0 Å². The Bertz CT molecular complexity index is 1010. The smallest absolute Gasteiger partial charge is 0.0650 e. The van der Waals surface area contributed by atoms with Crippen molar-refractivity contribution in [3.8, 4) is 0 Å². The lowest BCUT2D eigenvalue weighted by Gasteiger charge is -2.23. The topological polar surface area (TPSA) is 48.1 Å². The Morgan fingerprint density at radius 1 is 0.361 bits per heavy atom. The fourth-order valence-corrected chi connectivity index (χ4v) is 7.31. The summed E-state index contributed by atoms with van der Waals surface area (Å²) in [6.45, 7) is 0. The normalized spacial score (nSPS) is 10.9. The molecule has 0 saturated carbocycles. The SMILES string of the molecule is CNc1ccc(C(SSC(c2ccc(NC)cc2)c2ccc(NC)cc2)c2ccc(NC)cc2)cc1. The predicted molar refractivity (Wildman–Crippen MR) is 163 cm³/mol. The molecular weight excluding hydrogens is 480 g/mol. The summed E-state index contributed by atoms with van der Waals surface area (Å²) in [5.74, 6) is 0. The van der Waals surface area contributed by atoms with E-state index in [1.165, 1.54) is 22.3 Å². The summed E-state index contributed by atoms with van der Waals surface area (Å²) in [4.78, 5) is 0. The first-order valence-electron chi connectivity index (χ1n) is 12.1. The van der Waals surface area contributed by atoms with Crippen LogP contribution in [0.5, 0.6) is 0 Å². The zero-order chi connectivity index (χ0) is 25.3. The maximum atomic E-state index is 3.23. The van der Waals surface area contributed by atoms with E-state index in [2.05, 4.69) is 118 Å². The molecule has 4 rings (SSSR count). The van der Waals surface area contributed by atoms with Gasteiger partial charge < -0.3 is 21.3 Å². The highest BCUT2D eigenvalue weighted by Crippen LogP contribution is 2.51. The zero-order valence-electron chi connectivity index (χ0n) is 21.2. The third-order valence-electron chi connectivity index (χ3n) is 6.26. The molecule has 0 amide bonds. The molecule has 0 radical (unpaired) electrons. The van der Waals surface area contributed by atoms with Crippen LogP contribution in [-0.2, 0) is 0 Å². The Kier molecular flexibility index (Phi) is 9.09. The van der Waals surface area contributed by atoms with Gasteiger partial charge in [-0.25, -0.2) is 0 Å². The Labute approximate surface area is 223 Å². The predicted octanol–water partition coefficient (Wildman–Crippen LogP) is 8.11. The van der Waals surface area contributed by atoms with Crippen LogP contribution in [-0.4, -0.2) is 28.2 Å². The van der Waals surface area contributed by atoms with E-state index in [4.69, 9.17) is 0 Å². The Hall–Kier alpha value is -3.22. The van der Waals surface area contributed by atoms with E-state index in [-0.39, 0.29) is 10.5 Å². The highest BCUT2D eigenvalue weighted by atomic mass is 33.1. The third kappa shape index (κ3) is 6.31. The van der Waals surface area contributed by atoms with Crippen LogP contribution in [0.25, 0.3) is 0 Å². The van der Waals surface area contributed by atoms with Crippen LogP contribution >= 0.6 is 21.6 Å². The molecule has 0 aliphatic heterocycles. The minimum Gasteiger partial charge on any atom is -0.388 e. The molecule has 0 aliphatic carbocycles. The lowest BCUT2D eigenvalue weighted by Crippen LogP contribution is -2.00. The van der Waals surface area contributed by atoms with Crippen molar-refractivity contribution in [2.24, 2.45) is 0 Å². The molecule has 0 spiro atoms. The Balaban J connectivity index is 1.67. The molecule has 0 atom stereocenters. The molecule has 36 heavy (non-hydrogen) atoms. The first-order chi connectivity index (χ1) is 17.6. The van der Waals surface area contributed by atoms with Gasteiger partial charge in [-0.05, 0) is 70.8 Å². The second-order valence-electron chi connectivity index (χ2n) is 8.44. The maximum absolute atomic E-state index is 3.23. The second kappa shape index (κ2) is 12.7. The lowest BCUT2D eigenvalue weighted by molar-refractivity contribution is 1.15. The molecule has 4 nitrogen and oxygen atoms in total. The summed E-state index contributed by atoms with van der Waals surface area (Å²) in [6.07, 6.45) is 0. The molecule has 0 unspecified atom stereocenters. The molecule has 0 heterocycles. The van der Waals surface area contributed by atoms with E-state index in [0.29, 0.717) is 0 Å². The van der Waals surface area contributed by atoms with Crippen molar-refractivity contribution in [2.75, 3.05) is 49.5 Å². The molecule has 4 aromatic carbocycles. The number of hydrogen-bond acceptors (Lipinski definition) is 6. The summed E-state index contributed by atoms with van der Waals surface area (Å²) in [5.41, 5.74) is 9.63.